The fraction of sp³-hybridized carbons (Fsp3) is 0.293. The van der Waals surface area contributed by atoms with Gasteiger partial charge in [-0.25, -0.2) is 20.0 Å². The van der Waals surface area contributed by atoms with Gasteiger partial charge in [0.25, 0.3) is 0 Å². The molecule has 0 bridgehead atoms. The Hall–Kier alpha value is -10.8. The number of carbonyl (C=O) groups excluding carboxylic acids is 1. The number of carboxylic acid groups (broad SMARTS) is 1. The van der Waals surface area contributed by atoms with E-state index in [-0.39, 0.29) is 12.5 Å². The van der Waals surface area contributed by atoms with E-state index in [0.717, 1.165) is 267 Å². The minimum absolute atomic E-state index is 0.103. The Labute approximate surface area is 785 Å². The number of aliphatic carboxylic acids is 1. The number of carboxylic acids is 1. The predicted molar refractivity (Wildman–Crippen MR) is 525 cm³/mol. The maximum atomic E-state index is 11.7. The summed E-state index contributed by atoms with van der Waals surface area (Å²) in [7, 11) is 0. The van der Waals surface area contributed by atoms with Crippen molar-refractivity contribution in [1.29, 1.82) is 0 Å². The highest BCUT2D eigenvalue weighted by Crippen LogP contribution is 2.40. The van der Waals surface area contributed by atoms with E-state index in [1.54, 1.807) is 4.90 Å². The molecule has 0 saturated carbocycles. The van der Waals surface area contributed by atoms with Crippen LogP contribution in [-0.4, -0.2) is 225 Å². The Morgan fingerprint density at radius 2 is 0.708 bits per heavy atom. The number of esters is 1. The van der Waals surface area contributed by atoms with Crippen LogP contribution >= 0.6 is 63.7 Å². The van der Waals surface area contributed by atoms with Gasteiger partial charge in [-0.05, 0) is 130 Å². The number of aromatic amines is 4. The molecule has 4 fully saturated rings. The fourth-order valence-electron chi connectivity index (χ4n) is 18.0. The maximum Gasteiger partial charge on any atom is 0.320 e. The number of para-hydroxylation sites is 4. The second-order valence-corrected chi connectivity index (χ2v) is 36.7. The number of rotatable bonds is 29. The summed E-state index contributed by atoms with van der Waals surface area (Å²) in [6.07, 6.45) is 3.93. The standard InChI is InChI=1S/C27H30BrN5O3.C25H26BrN5O3.C24H25BrN4O.C23H24BrN5O/c1-3-35-24(34)17-33-12-10-32(11-13-33)14-15-36-31-26-20-6-4-5-7-22(20)30-27(26)25-18(2)29-23-9-8-19(28)16-21(23)25;1-16-23(19-14-17(26)6-7-21(19)27-16)25-24(18-4-2-3-5-20(18)28-25)29-34-13-12-30-8-10-31(11-9-30)15-22(32)33;1-16-22(19-15-17(25)9-10-21(19)26-16)24-23(18-7-3-4-8-20(18)27-24)28-30-14-13-29-11-5-2-6-12-29;1-15-21(18-14-16(24)6-7-20(18)26-15)23-22(17-4-2-3-5-19(17)27-23)28-30-13-12-29-10-8-25-9-11-29/h4-9,16,30-31H,2-3,10-15,17H2,1H3;2-7,14,28-29H,1,8-13,15H2,(H,32,33);3-4,7-10,15,27-28H,1-2,5-6,11-14H2;2-7,14,25,27-28H,1,8-13H2/p+2. The molecule has 672 valence electrons. The monoisotopic (exact) mass is 2010 g/mol. The first-order chi connectivity index (χ1) is 63.4. The Morgan fingerprint density at radius 1 is 0.408 bits per heavy atom. The number of piperidine rings is 1. The molecule has 12 heterocycles. The van der Waals surface area contributed by atoms with Crippen LogP contribution < -0.4 is 74.4 Å². The number of piperazine rings is 3. The van der Waals surface area contributed by atoms with Crippen LogP contribution in [0.3, 0.4) is 0 Å². The third-order valence-corrected chi connectivity index (χ3v) is 26.5. The number of carbonyl (C=O) groups is 2. The number of nitrogens with one attached hydrogen (secondary N) is 9. The number of fused-ring (bicyclic) bond motifs is 8. The lowest BCUT2D eigenvalue weighted by atomic mass is 10.1. The van der Waals surface area contributed by atoms with Crippen molar-refractivity contribution in [3.8, 4) is 0 Å². The van der Waals surface area contributed by atoms with Gasteiger partial charge in [-0.3, -0.25) is 70.5 Å². The topological polar surface area (TPSA) is 298 Å². The van der Waals surface area contributed by atoms with Crippen LogP contribution in [0.4, 0.5) is 22.7 Å². The van der Waals surface area contributed by atoms with E-state index in [9.17, 15) is 9.59 Å². The van der Waals surface area contributed by atoms with Crippen LogP contribution in [-0.2, 0) is 33.7 Å². The van der Waals surface area contributed by atoms with Crippen LogP contribution in [0.25, 0.3) is 65.9 Å². The van der Waals surface area contributed by atoms with Gasteiger partial charge in [-0.2, -0.15) is 0 Å². The molecule has 0 aliphatic carbocycles. The van der Waals surface area contributed by atoms with Crippen LogP contribution in [0.15, 0.2) is 257 Å². The highest BCUT2D eigenvalue weighted by Gasteiger charge is 2.29. The average Bonchev–Trinajstić information content (AvgIpc) is 1.62. The minimum atomic E-state index is -0.777. The molecule has 12 aromatic rings. The third kappa shape index (κ3) is 21.4. The van der Waals surface area contributed by atoms with Crippen LogP contribution in [0.2, 0.25) is 0 Å². The summed E-state index contributed by atoms with van der Waals surface area (Å²) in [6.45, 7) is 39.2. The Balaban J connectivity index is 0.000000122. The van der Waals surface area contributed by atoms with Crippen molar-refractivity contribution >= 4 is 164 Å². The number of anilines is 4. The van der Waals surface area contributed by atoms with Crippen molar-refractivity contribution < 1.29 is 49.0 Å². The van der Waals surface area contributed by atoms with Crippen molar-refractivity contribution in [3.63, 3.8) is 0 Å². The smallest absolute Gasteiger partial charge is 0.320 e. The zero-order valence-electron chi connectivity index (χ0n) is 72.7. The number of nitrogens with two attached hydrogens (primary N) is 1. The summed E-state index contributed by atoms with van der Waals surface area (Å²) >= 11 is 14.3. The molecule has 12 N–H and O–H groups in total. The highest BCUT2D eigenvalue weighted by atomic mass is 79.9. The van der Waals surface area contributed by atoms with Gasteiger partial charge in [0.15, 0.2) is 0 Å². The number of ether oxygens (including phenoxy) is 1. The van der Waals surface area contributed by atoms with Gasteiger partial charge >= 0.3 is 11.9 Å². The van der Waals surface area contributed by atoms with E-state index in [1.165, 1.54) is 58.5 Å². The fourth-order valence-corrected chi connectivity index (χ4v) is 19.4. The molecule has 8 aliphatic rings. The molecule has 8 aromatic carbocycles. The van der Waals surface area contributed by atoms with Crippen molar-refractivity contribution in [3.05, 3.63) is 302 Å². The number of nitrogens with zero attached hydrogens (tertiary/aromatic N) is 9. The maximum absolute atomic E-state index is 11.7. The molecule has 31 heteroatoms. The number of hydrogen-bond donors (Lipinski definition) is 11. The van der Waals surface area contributed by atoms with Gasteiger partial charge in [0, 0.05) is 177 Å². The van der Waals surface area contributed by atoms with Gasteiger partial charge < -0.3 is 44.9 Å². The lowest BCUT2D eigenvalue weighted by Crippen LogP contribution is -3.20. The minimum Gasteiger partial charge on any atom is -0.480 e. The summed E-state index contributed by atoms with van der Waals surface area (Å²) < 4.78 is 9.07. The quantitative estimate of drug-likeness (QED) is 0.0118. The van der Waals surface area contributed by atoms with Crippen molar-refractivity contribution in [2.75, 3.05) is 186 Å². The summed E-state index contributed by atoms with van der Waals surface area (Å²) in [5.74, 6) is -0.931. The molecule has 0 unspecified atom stereocenters. The zero-order chi connectivity index (χ0) is 89.7. The molecule has 27 nitrogen and oxygen atoms in total. The van der Waals surface area contributed by atoms with E-state index in [2.05, 4.69) is 244 Å². The molecule has 20 rings (SSSR count). The molecule has 130 heavy (non-hydrogen) atoms. The number of benzene rings is 8. The first kappa shape index (κ1) is 91.1. The second kappa shape index (κ2) is 42.6. The van der Waals surface area contributed by atoms with Gasteiger partial charge in [-0.1, -0.05) is 169 Å². The van der Waals surface area contributed by atoms with Crippen molar-refractivity contribution in [2.45, 2.75) is 26.2 Å². The first-order valence-corrected chi connectivity index (χ1v) is 47.5. The van der Waals surface area contributed by atoms with Gasteiger partial charge in [0.2, 0.25) is 0 Å². The number of halogens is 4. The molecule has 0 spiro atoms. The largest absolute Gasteiger partial charge is 0.480 e. The normalized spacial score (nSPS) is 16.6. The molecule has 0 amide bonds. The SMILES string of the molecule is C=C1N=c2ccc(Br)cc2=C1c1[nH]c2ccccc2c1NOCCN1CCCCC1.C=C1N=c2ccc(Br)cc2=C1c1[nH]c2ccccc2c1NOCCN1CCN(CC(=O)O)CC1.C=C1N=c2ccc(Br)cc2=C1c1[nH]c2ccccc2c1NOCCN1CCN(CC(=O)OCC)CC1.C=C1N=c2ccc(Br)cc2=C1c1[nH]c2ccccc2c1NOCC[NH+]1CC[NH2+]CC1. The molecule has 0 atom stereocenters. The molecular weight excluding hydrogens is 1900 g/mol. The average molecular weight is 2010 g/mol. The number of hydrogen-bond acceptors (Lipinski definition) is 20. The predicted octanol–water partition coefficient (Wildman–Crippen LogP) is 9.31. The lowest BCUT2D eigenvalue weighted by Gasteiger charge is -2.33. The van der Waals surface area contributed by atoms with Crippen LogP contribution in [0.5, 0.6) is 0 Å². The van der Waals surface area contributed by atoms with E-state index in [0.29, 0.717) is 45.3 Å². The molecule has 4 aromatic heterocycles. The third-order valence-electron chi connectivity index (χ3n) is 24.5. The molecule has 0 radical (unpaired) electrons. The van der Waals surface area contributed by atoms with Gasteiger partial charge in [-0.15, -0.1) is 0 Å². The van der Waals surface area contributed by atoms with E-state index in [1.807, 2.05) is 115 Å². The number of aromatic nitrogens is 4. The van der Waals surface area contributed by atoms with Gasteiger partial charge in [0.05, 0.1) is 129 Å². The molecule has 8 aliphatic heterocycles. The summed E-state index contributed by atoms with van der Waals surface area (Å²) in [5, 5.41) is 23.5. The summed E-state index contributed by atoms with van der Waals surface area (Å²) in [4.78, 5) is 92.1. The first-order valence-electron chi connectivity index (χ1n) is 44.4. The summed E-state index contributed by atoms with van der Waals surface area (Å²) in [6, 6.07) is 57.1. The summed E-state index contributed by atoms with van der Waals surface area (Å²) in [5.41, 5.74) is 31.2. The van der Waals surface area contributed by atoms with Gasteiger partial charge in [0.1, 0.15) is 39.3 Å². The molecule has 4 saturated heterocycles. The van der Waals surface area contributed by atoms with Crippen LogP contribution in [0.1, 0.15) is 49.0 Å². The second-order valence-electron chi connectivity index (χ2n) is 33.1. The van der Waals surface area contributed by atoms with E-state index in [4.69, 9.17) is 29.2 Å². The van der Waals surface area contributed by atoms with Crippen molar-refractivity contribution in [2.24, 2.45) is 20.0 Å². The number of H-pyrrole nitrogens is 4. The van der Waals surface area contributed by atoms with E-state index >= 15 is 0 Å². The van der Waals surface area contributed by atoms with Crippen LogP contribution in [0, 0.1) is 0 Å². The Bertz CT molecular complexity index is 6670. The molecular formula is C99H107Br4N19O8+2. The van der Waals surface area contributed by atoms with E-state index < -0.39 is 5.97 Å². The number of quaternary nitrogens is 2. The zero-order valence-corrected chi connectivity index (χ0v) is 79.1. The Morgan fingerprint density at radius 3 is 1.03 bits per heavy atom. The lowest BCUT2D eigenvalue weighted by molar-refractivity contribution is -0.946. The highest BCUT2D eigenvalue weighted by molar-refractivity contribution is 9.11. The Kier molecular flexibility index (Phi) is 29.8. The number of likely N-dealkylation sites (tertiary alicyclic amines) is 1. The van der Waals surface area contributed by atoms with Crippen molar-refractivity contribution in [1.82, 2.24) is 44.4 Å². The number of allylic oxidation sites excluding steroid dienone is 4.